The van der Waals surface area contributed by atoms with Crippen LogP contribution in [0.25, 0.3) is 0 Å². The van der Waals surface area contributed by atoms with Crippen molar-refractivity contribution in [1.29, 1.82) is 0 Å². The average molecular weight is 230 g/mol. The van der Waals surface area contributed by atoms with Crippen molar-refractivity contribution in [3.8, 4) is 5.75 Å². The van der Waals surface area contributed by atoms with Crippen LogP contribution in [-0.4, -0.2) is 13.7 Å². The first-order valence-corrected chi connectivity index (χ1v) is 4.87. The van der Waals surface area contributed by atoms with Gasteiger partial charge in [0.05, 0.1) is 7.11 Å². The molecule has 0 aliphatic heterocycles. The SMILES string of the molecule is C=C(Cl)CNCc1ccc(OC)cc1F. The summed E-state index contributed by atoms with van der Waals surface area (Å²) >= 11 is 5.56. The highest BCUT2D eigenvalue weighted by Crippen LogP contribution is 2.15. The lowest BCUT2D eigenvalue weighted by Gasteiger charge is -2.06. The van der Waals surface area contributed by atoms with Gasteiger partial charge in [-0.3, -0.25) is 0 Å². The van der Waals surface area contributed by atoms with Crippen LogP contribution in [0.2, 0.25) is 0 Å². The Morgan fingerprint density at radius 2 is 2.33 bits per heavy atom. The Kier molecular flexibility index (Phi) is 4.59. The molecule has 0 amide bonds. The summed E-state index contributed by atoms with van der Waals surface area (Å²) in [4.78, 5) is 0. The minimum absolute atomic E-state index is 0.290. The number of halogens is 2. The van der Waals surface area contributed by atoms with Gasteiger partial charge < -0.3 is 10.1 Å². The molecule has 1 aromatic rings. The Morgan fingerprint density at radius 3 is 2.87 bits per heavy atom. The molecule has 0 unspecified atom stereocenters. The zero-order valence-corrected chi connectivity index (χ0v) is 9.27. The lowest BCUT2D eigenvalue weighted by Crippen LogP contribution is -2.15. The van der Waals surface area contributed by atoms with Gasteiger partial charge in [-0.1, -0.05) is 24.2 Å². The summed E-state index contributed by atoms with van der Waals surface area (Å²) in [6.45, 7) is 4.41. The van der Waals surface area contributed by atoms with Gasteiger partial charge in [-0.25, -0.2) is 4.39 Å². The fourth-order valence-electron chi connectivity index (χ4n) is 1.13. The average Bonchev–Trinajstić information content (AvgIpc) is 2.20. The van der Waals surface area contributed by atoms with E-state index in [1.54, 1.807) is 12.1 Å². The third-order valence-corrected chi connectivity index (χ3v) is 2.03. The largest absolute Gasteiger partial charge is 0.497 e. The maximum Gasteiger partial charge on any atom is 0.131 e. The standard InChI is InChI=1S/C11H13ClFNO/c1-8(12)6-14-7-9-3-4-10(15-2)5-11(9)13/h3-5,14H,1,6-7H2,2H3. The number of hydrogen-bond acceptors (Lipinski definition) is 2. The smallest absolute Gasteiger partial charge is 0.131 e. The first-order chi connectivity index (χ1) is 7.13. The van der Waals surface area contributed by atoms with Crippen LogP contribution in [0.1, 0.15) is 5.56 Å². The van der Waals surface area contributed by atoms with Gasteiger partial charge in [-0.15, -0.1) is 0 Å². The zero-order chi connectivity index (χ0) is 11.3. The molecular formula is C11H13ClFNO. The number of methoxy groups -OCH3 is 1. The Morgan fingerprint density at radius 1 is 1.60 bits per heavy atom. The number of rotatable bonds is 5. The molecule has 0 spiro atoms. The van der Waals surface area contributed by atoms with Gasteiger partial charge in [0, 0.05) is 29.8 Å². The van der Waals surface area contributed by atoms with Gasteiger partial charge in [0.2, 0.25) is 0 Å². The summed E-state index contributed by atoms with van der Waals surface area (Å²) in [5, 5.41) is 3.47. The van der Waals surface area contributed by atoms with Crippen LogP contribution < -0.4 is 10.1 Å². The summed E-state index contributed by atoms with van der Waals surface area (Å²) in [7, 11) is 1.50. The number of benzene rings is 1. The van der Waals surface area contributed by atoms with Crippen molar-refractivity contribution < 1.29 is 9.13 Å². The Bertz CT molecular complexity index is 354. The normalized spacial score (nSPS) is 10.1. The van der Waals surface area contributed by atoms with Crippen LogP contribution in [0, 0.1) is 5.82 Å². The zero-order valence-electron chi connectivity index (χ0n) is 8.52. The summed E-state index contributed by atoms with van der Waals surface area (Å²) < 4.78 is 18.3. The van der Waals surface area contributed by atoms with Crippen LogP contribution in [0.3, 0.4) is 0 Å². The molecule has 1 rings (SSSR count). The maximum atomic E-state index is 13.4. The number of nitrogens with one attached hydrogen (secondary N) is 1. The molecule has 15 heavy (non-hydrogen) atoms. The maximum absolute atomic E-state index is 13.4. The molecule has 0 radical (unpaired) electrons. The van der Waals surface area contributed by atoms with E-state index in [2.05, 4.69) is 11.9 Å². The van der Waals surface area contributed by atoms with Crippen LogP contribution in [0.15, 0.2) is 29.8 Å². The molecule has 0 fully saturated rings. The van der Waals surface area contributed by atoms with Crippen LogP contribution in [-0.2, 0) is 6.54 Å². The monoisotopic (exact) mass is 229 g/mol. The Balaban J connectivity index is 2.58. The first kappa shape index (κ1) is 12.0. The van der Waals surface area contributed by atoms with Crippen molar-refractivity contribution in [1.82, 2.24) is 5.32 Å². The molecule has 2 nitrogen and oxygen atoms in total. The molecular weight excluding hydrogens is 217 g/mol. The van der Waals surface area contributed by atoms with E-state index in [-0.39, 0.29) is 5.82 Å². The highest BCUT2D eigenvalue weighted by atomic mass is 35.5. The van der Waals surface area contributed by atoms with E-state index in [0.717, 1.165) is 0 Å². The van der Waals surface area contributed by atoms with E-state index < -0.39 is 0 Å². The molecule has 0 aromatic heterocycles. The molecule has 0 bridgehead atoms. The fraction of sp³-hybridized carbons (Fsp3) is 0.273. The summed E-state index contributed by atoms with van der Waals surface area (Å²) in [6, 6.07) is 4.75. The third kappa shape index (κ3) is 3.90. The van der Waals surface area contributed by atoms with E-state index in [0.29, 0.717) is 29.4 Å². The van der Waals surface area contributed by atoms with E-state index in [4.69, 9.17) is 16.3 Å². The van der Waals surface area contributed by atoms with E-state index in [1.807, 2.05) is 0 Å². The van der Waals surface area contributed by atoms with Crippen molar-refractivity contribution in [2.45, 2.75) is 6.54 Å². The first-order valence-electron chi connectivity index (χ1n) is 4.50. The molecule has 0 saturated carbocycles. The number of ether oxygens (including phenoxy) is 1. The van der Waals surface area contributed by atoms with Crippen LogP contribution in [0.4, 0.5) is 4.39 Å². The van der Waals surface area contributed by atoms with Gasteiger partial charge in [0.25, 0.3) is 0 Å². The van der Waals surface area contributed by atoms with Gasteiger partial charge >= 0.3 is 0 Å². The highest BCUT2D eigenvalue weighted by Gasteiger charge is 2.03. The fourth-order valence-corrected chi connectivity index (χ4v) is 1.23. The molecule has 4 heteroatoms. The van der Waals surface area contributed by atoms with Crippen molar-refractivity contribution in [2.75, 3.05) is 13.7 Å². The molecule has 0 heterocycles. The quantitative estimate of drug-likeness (QED) is 0.838. The van der Waals surface area contributed by atoms with E-state index in [9.17, 15) is 4.39 Å². The second-order valence-corrected chi connectivity index (χ2v) is 3.61. The van der Waals surface area contributed by atoms with E-state index >= 15 is 0 Å². The van der Waals surface area contributed by atoms with Crippen molar-refractivity contribution in [3.63, 3.8) is 0 Å². The third-order valence-electron chi connectivity index (χ3n) is 1.89. The second-order valence-electron chi connectivity index (χ2n) is 3.08. The van der Waals surface area contributed by atoms with Gasteiger partial charge in [-0.2, -0.15) is 0 Å². The predicted molar refractivity (Wildman–Crippen MR) is 59.7 cm³/mol. The highest BCUT2D eigenvalue weighted by molar-refractivity contribution is 6.29. The van der Waals surface area contributed by atoms with Crippen molar-refractivity contribution >= 4 is 11.6 Å². The molecule has 0 aliphatic carbocycles. The topological polar surface area (TPSA) is 21.3 Å². The molecule has 0 saturated heterocycles. The van der Waals surface area contributed by atoms with Crippen LogP contribution >= 0.6 is 11.6 Å². The predicted octanol–water partition coefficient (Wildman–Crippen LogP) is 2.68. The minimum atomic E-state index is -0.290. The molecule has 0 atom stereocenters. The molecule has 1 aromatic carbocycles. The summed E-state index contributed by atoms with van der Waals surface area (Å²) in [6.07, 6.45) is 0. The van der Waals surface area contributed by atoms with Crippen LogP contribution in [0.5, 0.6) is 5.75 Å². The minimum Gasteiger partial charge on any atom is -0.497 e. The Labute approximate surface area is 93.7 Å². The summed E-state index contributed by atoms with van der Waals surface area (Å²) in [5.41, 5.74) is 0.578. The number of hydrogen-bond donors (Lipinski definition) is 1. The van der Waals surface area contributed by atoms with Gasteiger partial charge in [-0.05, 0) is 6.07 Å². The molecule has 1 N–H and O–H groups in total. The van der Waals surface area contributed by atoms with Gasteiger partial charge in [0.15, 0.2) is 0 Å². The Hall–Kier alpha value is -1.06. The molecule has 82 valence electrons. The lowest BCUT2D eigenvalue weighted by atomic mass is 10.2. The van der Waals surface area contributed by atoms with Gasteiger partial charge in [0.1, 0.15) is 11.6 Å². The van der Waals surface area contributed by atoms with Crippen molar-refractivity contribution in [3.05, 3.63) is 41.2 Å². The second kappa shape index (κ2) is 5.73. The lowest BCUT2D eigenvalue weighted by molar-refractivity contribution is 0.410. The van der Waals surface area contributed by atoms with E-state index in [1.165, 1.54) is 13.2 Å². The van der Waals surface area contributed by atoms with Crippen molar-refractivity contribution in [2.24, 2.45) is 0 Å². The summed E-state index contributed by atoms with van der Waals surface area (Å²) in [5.74, 6) is 0.222. The molecule has 0 aliphatic rings.